The summed E-state index contributed by atoms with van der Waals surface area (Å²) in [6.45, 7) is 0. The predicted octanol–water partition coefficient (Wildman–Crippen LogP) is 17.0. The van der Waals surface area contributed by atoms with Crippen molar-refractivity contribution in [3.63, 3.8) is 0 Å². The maximum Gasteiger partial charge on any atom is 0.165 e. The standard InChI is InChI=1S/C61H37N3OS/c1-3-13-38(14-4-1)40-27-31-43(32-28-40)59-62-60(64-61(63-59)52-23-12-22-50-49-21-9-10-24-55(49)66-58(50)52)51-34-33-48(57-56(51)53-36-46-17-7-8-18-47(46)37-54(53)65-57)42-29-25-41(26-30-42)45-20-11-19-44(35-45)39-15-5-2-6-16-39/h1-37H. The minimum absolute atomic E-state index is 0.585. The average molecular weight is 860 g/mol. The molecule has 0 amide bonds. The first-order valence-electron chi connectivity index (χ1n) is 22.2. The first-order chi connectivity index (χ1) is 32.7. The van der Waals surface area contributed by atoms with Crippen molar-refractivity contribution in [2.45, 2.75) is 0 Å². The number of hydrogen-bond donors (Lipinski definition) is 0. The highest BCUT2D eigenvalue weighted by Crippen LogP contribution is 2.44. The normalized spacial score (nSPS) is 11.6. The number of nitrogens with zero attached hydrogens (tertiary/aromatic N) is 3. The van der Waals surface area contributed by atoms with Gasteiger partial charge in [0.25, 0.3) is 0 Å². The van der Waals surface area contributed by atoms with E-state index in [0.29, 0.717) is 17.5 Å². The molecule has 0 N–H and O–H groups in total. The number of rotatable bonds is 7. The molecule has 0 saturated heterocycles. The number of benzene rings is 10. The Hall–Kier alpha value is -8.51. The van der Waals surface area contributed by atoms with Crippen molar-refractivity contribution < 1.29 is 4.42 Å². The Kier molecular flexibility index (Phi) is 9.00. The molecular formula is C61H37N3OS. The van der Waals surface area contributed by atoms with Gasteiger partial charge in [0.1, 0.15) is 11.2 Å². The third-order valence-corrected chi connectivity index (χ3v) is 14.0. The summed E-state index contributed by atoms with van der Waals surface area (Å²) < 4.78 is 9.38. The van der Waals surface area contributed by atoms with E-state index >= 15 is 0 Å². The summed E-state index contributed by atoms with van der Waals surface area (Å²) >= 11 is 1.78. The molecule has 308 valence electrons. The SMILES string of the molecule is c1ccc(-c2ccc(-c3nc(-c4cccc5c4sc4ccccc45)nc(-c4ccc(-c5ccc(-c6cccc(-c7ccccc7)c6)cc5)c5oc6cc7ccccc7cc6c45)n3)cc2)cc1. The summed E-state index contributed by atoms with van der Waals surface area (Å²) in [6.07, 6.45) is 0. The third kappa shape index (κ3) is 6.56. The van der Waals surface area contributed by atoms with Gasteiger partial charge in [-0.15, -0.1) is 11.3 Å². The largest absolute Gasteiger partial charge is 0.455 e. The van der Waals surface area contributed by atoms with E-state index in [-0.39, 0.29) is 0 Å². The fourth-order valence-electron chi connectivity index (χ4n) is 9.44. The second-order valence-electron chi connectivity index (χ2n) is 16.7. The van der Waals surface area contributed by atoms with Crippen molar-refractivity contribution in [3.05, 3.63) is 224 Å². The molecule has 13 aromatic rings. The van der Waals surface area contributed by atoms with Crippen LogP contribution in [0.2, 0.25) is 0 Å². The molecule has 0 radical (unpaired) electrons. The van der Waals surface area contributed by atoms with Crippen molar-refractivity contribution in [2.24, 2.45) is 0 Å². The molecule has 3 heterocycles. The van der Waals surface area contributed by atoms with E-state index in [1.54, 1.807) is 11.3 Å². The molecule has 0 aliphatic rings. The van der Waals surface area contributed by atoms with Crippen LogP contribution in [0, 0.1) is 0 Å². The number of furan rings is 1. The predicted molar refractivity (Wildman–Crippen MR) is 276 cm³/mol. The second-order valence-corrected chi connectivity index (χ2v) is 17.8. The zero-order chi connectivity index (χ0) is 43.6. The van der Waals surface area contributed by atoms with E-state index < -0.39 is 0 Å². The van der Waals surface area contributed by atoms with E-state index in [1.165, 1.54) is 32.2 Å². The zero-order valence-corrected chi connectivity index (χ0v) is 36.3. The Bertz CT molecular complexity index is 3970. The van der Waals surface area contributed by atoms with Crippen LogP contribution in [0.3, 0.4) is 0 Å². The van der Waals surface area contributed by atoms with Crippen LogP contribution in [0.5, 0.6) is 0 Å². The highest BCUT2D eigenvalue weighted by Gasteiger charge is 2.23. The lowest BCUT2D eigenvalue weighted by molar-refractivity contribution is 0.670. The van der Waals surface area contributed by atoms with E-state index in [4.69, 9.17) is 19.4 Å². The van der Waals surface area contributed by atoms with E-state index in [0.717, 1.165) is 81.9 Å². The van der Waals surface area contributed by atoms with Gasteiger partial charge in [-0.25, -0.2) is 15.0 Å². The molecule has 66 heavy (non-hydrogen) atoms. The van der Waals surface area contributed by atoms with Crippen molar-refractivity contribution in [1.29, 1.82) is 0 Å². The first-order valence-corrected chi connectivity index (χ1v) is 23.0. The molecule has 3 aromatic heterocycles. The van der Waals surface area contributed by atoms with Gasteiger partial charge in [-0.3, -0.25) is 0 Å². The monoisotopic (exact) mass is 859 g/mol. The van der Waals surface area contributed by atoms with Gasteiger partial charge in [0.05, 0.1) is 0 Å². The van der Waals surface area contributed by atoms with Crippen LogP contribution in [0.1, 0.15) is 0 Å². The Morgan fingerprint density at radius 1 is 0.318 bits per heavy atom. The minimum atomic E-state index is 0.585. The number of aromatic nitrogens is 3. The summed E-state index contributed by atoms with van der Waals surface area (Å²) in [6, 6.07) is 79.3. The summed E-state index contributed by atoms with van der Waals surface area (Å²) in [5.74, 6) is 1.82. The molecule has 0 bridgehead atoms. The summed E-state index contributed by atoms with van der Waals surface area (Å²) in [4.78, 5) is 16.0. The van der Waals surface area contributed by atoms with Crippen LogP contribution < -0.4 is 0 Å². The Morgan fingerprint density at radius 3 is 1.58 bits per heavy atom. The lowest BCUT2D eigenvalue weighted by atomic mass is 9.95. The number of thiophene rings is 1. The van der Waals surface area contributed by atoms with Crippen LogP contribution in [0.25, 0.3) is 132 Å². The molecule has 5 heteroatoms. The Balaban J connectivity index is 1.00. The van der Waals surface area contributed by atoms with Gasteiger partial charge < -0.3 is 4.42 Å². The maximum absolute atomic E-state index is 6.99. The van der Waals surface area contributed by atoms with Gasteiger partial charge in [0.2, 0.25) is 0 Å². The lowest BCUT2D eigenvalue weighted by Crippen LogP contribution is -2.01. The van der Waals surface area contributed by atoms with Crippen molar-refractivity contribution in [2.75, 3.05) is 0 Å². The topological polar surface area (TPSA) is 51.8 Å². The third-order valence-electron chi connectivity index (χ3n) is 12.8. The maximum atomic E-state index is 6.99. The summed E-state index contributed by atoms with van der Waals surface area (Å²) in [7, 11) is 0. The molecular weight excluding hydrogens is 823 g/mol. The highest BCUT2D eigenvalue weighted by molar-refractivity contribution is 7.26. The van der Waals surface area contributed by atoms with Crippen LogP contribution in [0.15, 0.2) is 229 Å². The molecule has 13 rings (SSSR count). The van der Waals surface area contributed by atoms with Crippen molar-refractivity contribution in [3.8, 4) is 78.7 Å². The molecule has 0 atom stereocenters. The molecule has 0 aliphatic heterocycles. The average Bonchev–Trinajstić information content (AvgIpc) is 3.97. The molecule has 10 aromatic carbocycles. The Morgan fingerprint density at radius 2 is 0.833 bits per heavy atom. The van der Waals surface area contributed by atoms with Crippen LogP contribution >= 0.6 is 11.3 Å². The molecule has 4 nitrogen and oxygen atoms in total. The van der Waals surface area contributed by atoms with Gasteiger partial charge >= 0.3 is 0 Å². The second kappa shape index (κ2) is 15.6. The highest BCUT2D eigenvalue weighted by atomic mass is 32.1. The van der Waals surface area contributed by atoms with E-state index in [2.05, 4.69) is 218 Å². The van der Waals surface area contributed by atoms with Crippen LogP contribution in [-0.4, -0.2) is 15.0 Å². The molecule has 0 unspecified atom stereocenters. The lowest BCUT2D eigenvalue weighted by Gasteiger charge is -2.12. The van der Waals surface area contributed by atoms with Gasteiger partial charge in [-0.1, -0.05) is 182 Å². The quantitative estimate of drug-likeness (QED) is 0.160. The van der Waals surface area contributed by atoms with Crippen LogP contribution in [0.4, 0.5) is 0 Å². The fraction of sp³-hybridized carbons (Fsp3) is 0. The number of fused-ring (bicyclic) bond motifs is 7. The van der Waals surface area contributed by atoms with E-state index in [1.807, 2.05) is 6.07 Å². The molecule has 0 saturated carbocycles. The number of hydrogen-bond acceptors (Lipinski definition) is 5. The van der Waals surface area contributed by atoms with Gasteiger partial charge in [0.15, 0.2) is 17.5 Å². The van der Waals surface area contributed by atoms with Gasteiger partial charge in [0, 0.05) is 53.2 Å². The summed E-state index contributed by atoms with van der Waals surface area (Å²) in [5.41, 5.74) is 13.4. The van der Waals surface area contributed by atoms with Gasteiger partial charge in [-0.2, -0.15) is 0 Å². The zero-order valence-electron chi connectivity index (χ0n) is 35.5. The molecule has 0 spiro atoms. The first kappa shape index (κ1) is 38.0. The Labute approximate surface area is 384 Å². The smallest absolute Gasteiger partial charge is 0.165 e. The van der Waals surface area contributed by atoms with Crippen molar-refractivity contribution >= 4 is 64.2 Å². The van der Waals surface area contributed by atoms with Gasteiger partial charge in [-0.05, 0) is 92.2 Å². The molecule has 0 fully saturated rings. The fourth-order valence-corrected chi connectivity index (χ4v) is 10.7. The van der Waals surface area contributed by atoms with E-state index in [9.17, 15) is 0 Å². The van der Waals surface area contributed by atoms with Crippen LogP contribution in [-0.2, 0) is 0 Å². The van der Waals surface area contributed by atoms with Crippen molar-refractivity contribution in [1.82, 2.24) is 15.0 Å². The molecule has 0 aliphatic carbocycles. The summed E-state index contributed by atoms with van der Waals surface area (Å²) in [5, 5.41) is 6.66. The minimum Gasteiger partial charge on any atom is -0.455 e.